The second-order valence-electron chi connectivity index (χ2n) is 3.81. The molecule has 1 N–H and O–H groups in total. The normalized spacial score (nSPS) is 11.3. The molecule has 0 amide bonds. The van der Waals surface area contributed by atoms with E-state index >= 15 is 0 Å². The van der Waals surface area contributed by atoms with Gasteiger partial charge in [0.2, 0.25) is 0 Å². The van der Waals surface area contributed by atoms with Crippen molar-refractivity contribution in [3.8, 4) is 0 Å². The number of halogens is 1. The summed E-state index contributed by atoms with van der Waals surface area (Å²) in [5.74, 6) is 0.529. The number of pyridine rings is 1. The number of rotatable bonds is 4. The summed E-state index contributed by atoms with van der Waals surface area (Å²) in [6.45, 7) is 0. The molecule has 2 aromatic heterocycles. The molecule has 0 bridgehead atoms. The van der Waals surface area contributed by atoms with Crippen LogP contribution in [0.4, 0.5) is 11.5 Å². The van der Waals surface area contributed by atoms with E-state index in [0.29, 0.717) is 11.5 Å². The largest absolute Gasteiger partial charge is 0.361 e. The third-order valence-corrected chi connectivity index (χ3v) is 5.12. The molecule has 0 fully saturated rings. The number of hydrogen-bond donors (Lipinski definition) is 1. The molecule has 102 valence electrons. The molecule has 0 aliphatic carbocycles. The molecule has 6 nitrogen and oxygen atoms in total. The summed E-state index contributed by atoms with van der Waals surface area (Å²) in [5.41, 5.74) is 0.400. The fourth-order valence-electron chi connectivity index (χ4n) is 1.39. The van der Waals surface area contributed by atoms with E-state index in [4.69, 9.17) is 11.6 Å². The lowest BCUT2D eigenvalue weighted by molar-refractivity contribution is 0.603. The van der Waals surface area contributed by atoms with Gasteiger partial charge in [0, 0.05) is 20.3 Å². The second kappa shape index (κ2) is 5.32. The van der Waals surface area contributed by atoms with E-state index in [9.17, 15) is 8.42 Å². The molecule has 0 aliphatic heterocycles. The fraction of sp³-hybridized carbons (Fsp3) is 0.200. The van der Waals surface area contributed by atoms with Gasteiger partial charge in [-0.2, -0.15) is 0 Å². The van der Waals surface area contributed by atoms with Gasteiger partial charge in [-0.25, -0.2) is 18.4 Å². The highest BCUT2D eigenvalue weighted by Gasteiger charge is 2.19. The summed E-state index contributed by atoms with van der Waals surface area (Å²) in [7, 11) is -0.131. The van der Waals surface area contributed by atoms with E-state index < -0.39 is 10.0 Å². The average molecular weight is 319 g/mol. The summed E-state index contributed by atoms with van der Waals surface area (Å²) >= 11 is 6.54. The van der Waals surface area contributed by atoms with Gasteiger partial charge in [-0.05, 0) is 12.1 Å². The summed E-state index contributed by atoms with van der Waals surface area (Å²) in [5, 5.41) is 0. The molecule has 19 heavy (non-hydrogen) atoms. The minimum atomic E-state index is -3.69. The maximum absolute atomic E-state index is 12.1. The second-order valence-corrected chi connectivity index (χ2v) is 7.33. The van der Waals surface area contributed by atoms with Crippen molar-refractivity contribution >= 4 is 44.5 Å². The monoisotopic (exact) mass is 318 g/mol. The quantitative estimate of drug-likeness (QED) is 0.934. The van der Waals surface area contributed by atoms with E-state index in [-0.39, 0.29) is 8.68 Å². The summed E-state index contributed by atoms with van der Waals surface area (Å²) in [4.78, 5) is 9.56. The van der Waals surface area contributed by atoms with Crippen molar-refractivity contribution in [2.45, 2.75) is 4.21 Å². The van der Waals surface area contributed by atoms with Gasteiger partial charge in [0.1, 0.15) is 0 Å². The van der Waals surface area contributed by atoms with Gasteiger partial charge in [-0.1, -0.05) is 22.9 Å². The van der Waals surface area contributed by atoms with Crippen molar-refractivity contribution in [3.63, 3.8) is 0 Å². The molecule has 0 saturated heterocycles. The van der Waals surface area contributed by atoms with Crippen molar-refractivity contribution in [3.05, 3.63) is 29.0 Å². The van der Waals surface area contributed by atoms with Crippen LogP contribution in [0.5, 0.6) is 0 Å². The number of thiazole rings is 1. The van der Waals surface area contributed by atoms with Crippen LogP contribution in [0.1, 0.15) is 0 Å². The minimum absolute atomic E-state index is 0.0612. The molecule has 0 atom stereocenters. The minimum Gasteiger partial charge on any atom is -0.361 e. The van der Waals surface area contributed by atoms with Gasteiger partial charge < -0.3 is 4.90 Å². The van der Waals surface area contributed by atoms with Gasteiger partial charge >= 0.3 is 0 Å². The first-order valence-electron chi connectivity index (χ1n) is 5.16. The molecule has 0 saturated carbocycles. The van der Waals surface area contributed by atoms with Crippen molar-refractivity contribution < 1.29 is 8.42 Å². The Kier molecular flexibility index (Phi) is 3.93. The third-order valence-electron chi connectivity index (χ3n) is 2.18. The highest BCUT2D eigenvalue weighted by molar-refractivity contribution is 7.94. The van der Waals surface area contributed by atoms with E-state index in [1.165, 1.54) is 6.20 Å². The molecule has 9 heteroatoms. The van der Waals surface area contributed by atoms with Crippen LogP contribution in [0.25, 0.3) is 0 Å². The molecule has 0 aliphatic rings. The lowest BCUT2D eigenvalue weighted by atomic mass is 10.4. The molecule has 0 unspecified atom stereocenters. The Balaban J connectivity index is 2.36. The Hall–Kier alpha value is -1.38. The molecule has 0 aromatic carbocycles. The van der Waals surface area contributed by atoms with E-state index in [0.717, 1.165) is 11.3 Å². The first-order chi connectivity index (χ1) is 8.90. The van der Waals surface area contributed by atoms with Crippen LogP contribution in [0.15, 0.2) is 28.7 Å². The molecule has 2 aromatic rings. The van der Waals surface area contributed by atoms with Crippen LogP contribution in [0.2, 0.25) is 4.47 Å². The average Bonchev–Trinajstić information content (AvgIpc) is 2.76. The maximum Gasteiger partial charge on any atom is 0.273 e. The molecule has 2 rings (SSSR count). The van der Waals surface area contributed by atoms with Crippen LogP contribution in [-0.2, 0) is 10.0 Å². The predicted octanol–water partition coefficient (Wildman–Crippen LogP) is 2.06. The number of nitrogens with zero attached hydrogens (tertiary/aromatic N) is 3. The zero-order chi connectivity index (χ0) is 14.0. The lowest BCUT2D eigenvalue weighted by Crippen LogP contribution is -2.17. The summed E-state index contributed by atoms with van der Waals surface area (Å²) < 4.78 is 27.0. The Labute approximate surface area is 120 Å². The first-order valence-corrected chi connectivity index (χ1v) is 7.84. The zero-order valence-corrected chi connectivity index (χ0v) is 12.6. The topological polar surface area (TPSA) is 75.2 Å². The van der Waals surface area contributed by atoms with Gasteiger partial charge in [0.15, 0.2) is 14.5 Å². The van der Waals surface area contributed by atoms with Crippen LogP contribution >= 0.6 is 22.9 Å². The number of aromatic nitrogens is 2. The van der Waals surface area contributed by atoms with Crippen LogP contribution in [-0.4, -0.2) is 32.5 Å². The van der Waals surface area contributed by atoms with Crippen molar-refractivity contribution in [2.24, 2.45) is 0 Å². The summed E-state index contributed by atoms with van der Waals surface area (Å²) in [6.07, 6.45) is 2.82. The highest BCUT2D eigenvalue weighted by Crippen LogP contribution is 2.27. The Morgan fingerprint density at radius 2 is 2.11 bits per heavy atom. The lowest BCUT2D eigenvalue weighted by Gasteiger charge is -2.16. The third kappa shape index (κ3) is 3.14. The number of anilines is 2. The molecular weight excluding hydrogens is 308 g/mol. The van der Waals surface area contributed by atoms with Crippen molar-refractivity contribution in [2.75, 3.05) is 23.7 Å². The van der Waals surface area contributed by atoms with Crippen LogP contribution in [0, 0.1) is 0 Å². The Morgan fingerprint density at radius 1 is 1.37 bits per heavy atom. The van der Waals surface area contributed by atoms with E-state index in [1.54, 1.807) is 37.3 Å². The fourth-order valence-corrected chi connectivity index (χ4v) is 3.75. The van der Waals surface area contributed by atoms with Gasteiger partial charge in [0.25, 0.3) is 10.0 Å². The van der Waals surface area contributed by atoms with Crippen LogP contribution in [0.3, 0.4) is 0 Å². The number of hydrogen-bond acceptors (Lipinski definition) is 6. The molecule has 0 spiro atoms. The van der Waals surface area contributed by atoms with Gasteiger partial charge in [-0.3, -0.25) is 4.72 Å². The van der Waals surface area contributed by atoms with Crippen molar-refractivity contribution in [1.29, 1.82) is 0 Å². The first kappa shape index (κ1) is 14.0. The van der Waals surface area contributed by atoms with Crippen LogP contribution < -0.4 is 9.62 Å². The van der Waals surface area contributed by atoms with E-state index in [2.05, 4.69) is 14.7 Å². The Morgan fingerprint density at radius 3 is 2.68 bits per heavy atom. The summed E-state index contributed by atoms with van der Waals surface area (Å²) in [6, 6.07) is 3.30. The SMILES string of the molecule is CN(C)c1ncccc1NS(=O)(=O)c1cnc(Cl)s1. The highest BCUT2D eigenvalue weighted by atomic mass is 35.5. The van der Waals surface area contributed by atoms with Gasteiger partial charge in [0.05, 0.1) is 11.9 Å². The predicted molar refractivity (Wildman–Crippen MR) is 76.5 cm³/mol. The molecule has 0 radical (unpaired) electrons. The van der Waals surface area contributed by atoms with Gasteiger partial charge in [-0.15, -0.1) is 0 Å². The standard InChI is InChI=1S/C10H11ClN4O2S2/c1-15(2)9-7(4-3-5-12-9)14-19(16,17)8-6-13-10(11)18-8/h3-6,14H,1-2H3. The smallest absolute Gasteiger partial charge is 0.273 e. The molecule has 2 heterocycles. The number of sulfonamides is 1. The maximum atomic E-state index is 12.1. The van der Waals surface area contributed by atoms with E-state index in [1.807, 2.05) is 0 Å². The number of nitrogens with one attached hydrogen (secondary N) is 1. The zero-order valence-electron chi connectivity index (χ0n) is 10.2. The Bertz CT molecular complexity index is 684. The molecular formula is C10H11ClN4O2S2. The van der Waals surface area contributed by atoms with Crippen molar-refractivity contribution in [1.82, 2.24) is 9.97 Å².